The zero-order valence-electron chi connectivity index (χ0n) is 13.4. The minimum absolute atomic E-state index is 0.160. The zero-order chi connectivity index (χ0) is 15.8. The Morgan fingerprint density at radius 2 is 2.19 bits per heavy atom. The van der Waals surface area contributed by atoms with Crippen LogP contribution < -0.4 is 20.9 Å². The van der Waals surface area contributed by atoms with Crippen molar-refractivity contribution in [1.82, 2.24) is 5.43 Å². The summed E-state index contributed by atoms with van der Waals surface area (Å²) in [6.45, 7) is 8.39. The summed E-state index contributed by atoms with van der Waals surface area (Å²) in [4.78, 5) is 14.2. The molecule has 3 N–H and O–H groups in total. The van der Waals surface area contributed by atoms with Gasteiger partial charge < -0.3 is 9.64 Å². The molecule has 0 fully saturated rings. The van der Waals surface area contributed by atoms with Crippen molar-refractivity contribution in [3.63, 3.8) is 0 Å². The third kappa shape index (κ3) is 2.58. The second-order valence-corrected chi connectivity index (χ2v) is 6.37. The number of benzene rings is 1. The lowest BCUT2D eigenvalue weighted by Gasteiger charge is -2.50. The molecule has 0 aliphatic carbocycles. The predicted molar refractivity (Wildman–Crippen MR) is 84.4 cm³/mol. The van der Waals surface area contributed by atoms with Gasteiger partial charge in [0.05, 0.1) is 12.8 Å². The molecule has 1 aromatic rings. The first-order valence-electron chi connectivity index (χ1n) is 7.30. The van der Waals surface area contributed by atoms with Crippen LogP contribution >= 0.6 is 0 Å². The number of fused-ring (bicyclic) bond motifs is 1. The minimum Gasteiger partial charge on any atom is -0.495 e. The van der Waals surface area contributed by atoms with Crippen molar-refractivity contribution in [2.24, 2.45) is 5.84 Å². The molecule has 5 heteroatoms. The topological polar surface area (TPSA) is 67.6 Å². The standard InChI is InChI=1S/C16H25N3O2/c1-10-9-16(3,4)19(11(2)15(20)18-17)14-12(10)7-6-8-13(14)21-5/h6-8,10-11H,9,17H2,1-5H3,(H,18,20)/t10-,11+/m1/s1. The van der Waals surface area contributed by atoms with E-state index in [9.17, 15) is 4.79 Å². The number of nitrogens with one attached hydrogen (secondary N) is 1. The van der Waals surface area contributed by atoms with Crippen LogP contribution in [-0.2, 0) is 4.79 Å². The van der Waals surface area contributed by atoms with Gasteiger partial charge in [-0.15, -0.1) is 0 Å². The van der Waals surface area contributed by atoms with E-state index in [1.807, 2.05) is 19.1 Å². The third-order valence-electron chi connectivity index (χ3n) is 4.39. The smallest absolute Gasteiger partial charge is 0.256 e. The summed E-state index contributed by atoms with van der Waals surface area (Å²) >= 11 is 0. The van der Waals surface area contributed by atoms with Crippen LogP contribution in [-0.4, -0.2) is 24.6 Å². The Morgan fingerprint density at radius 3 is 2.76 bits per heavy atom. The molecule has 0 radical (unpaired) electrons. The van der Waals surface area contributed by atoms with Gasteiger partial charge in [-0.1, -0.05) is 19.1 Å². The number of hydrogen-bond acceptors (Lipinski definition) is 4. The number of nitrogens with two attached hydrogens (primary N) is 1. The lowest BCUT2D eigenvalue weighted by atomic mass is 9.79. The summed E-state index contributed by atoms with van der Waals surface area (Å²) in [5.74, 6) is 6.34. The summed E-state index contributed by atoms with van der Waals surface area (Å²) in [6, 6.07) is 5.68. The Balaban J connectivity index is 2.63. The molecule has 0 aromatic heterocycles. The molecule has 0 unspecified atom stereocenters. The molecule has 1 aliphatic rings. The van der Waals surface area contributed by atoms with E-state index in [1.165, 1.54) is 5.56 Å². The maximum atomic E-state index is 12.1. The molecular formula is C16H25N3O2. The first-order valence-corrected chi connectivity index (χ1v) is 7.30. The quantitative estimate of drug-likeness (QED) is 0.509. The van der Waals surface area contributed by atoms with Crippen molar-refractivity contribution < 1.29 is 9.53 Å². The third-order valence-corrected chi connectivity index (χ3v) is 4.39. The van der Waals surface area contributed by atoms with Gasteiger partial charge in [0.15, 0.2) is 0 Å². The van der Waals surface area contributed by atoms with E-state index in [-0.39, 0.29) is 17.5 Å². The summed E-state index contributed by atoms with van der Waals surface area (Å²) in [5.41, 5.74) is 4.31. The van der Waals surface area contributed by atoms with Crippen LogP contribution in [0.25, 0.3) is 0 Å². The summed E-state index contributed by atoms with van der Waals surface area (Å²) in [6.07, 6.45) is 0.968. The monoisotopic (exact) mass is 291 g/mol. The van der Waals surface area contributed by atoms with Gasteiger partial charge in [-0.2, -0.15) is 0 Å². The predicted octanol–water partition coefficient (Wildman–Crippen LogP) is 2.17. The summed E-state index contributed by atoms with van der Waals surface area (Å²) < 4.78 is 5.54. The van der Waals surface area contributed by atoms with Crippen molar-refractivity contribution in [3.8, 4) is 5.75 Å². The molecule has 0 bridgehead atoms. The molecule has 21 heavy (non-hydrogen) atoms. The van der Waals surface area contributed by atoms with E-state index in [4.69, 9.17) is 10.6 Å². The van der Waals surface area contributed by atoms with E-state index in [1.54, 1.807) is 7.11 Å². The Hall–Kier alpha value is -1.75. The largest absolute Gasteiger partial charge is 0.495 e. The zero-order valence-corrected chi connectivity index (χ0v) is 13.4. The molecule has 5 nitrogen and oxygen atoms in total. The second-order valence-electron chi connectivity index (χ2n) is 6.37. The van der Waals surface area contributed by atoms with Gasteiger partial charge in [0, 0.05) is 5.54 Å². The van der Waals surface area contributed by atoms with Gasteiger partial charge in [-0.3, -0.25) is 10.2 Å². The summed E-state index contributed by atoms with van der Waals surface area (Å²) in [5, 5.41) is 0. The van der Waals surface area contributed by atoms with Crippen LogP contribution in [0.5, 0.6) is 5.75 Å². The lowest BCUT2D eigenvalue weighted by Crippen LogP contribution is -2.58. The van der Waals surface area contributed by atoms with Crippen LogP contribution in [0.3, 0.4) is 0 Å². The van der Waals surface area contributed by atoms with Crippen LogP contribution in [0.2, 0.25) is 0 Å². The van der Waals surface area contributed by atoms with Crippen LogP contribution in [0.15, 0.2) is 18.2 Å². The number of amides is 1. The van der Waals surface area contributed by atoms with E-state index < -0.39 is 0 Å². The maximum absolute atomic E-state index is 12.1. The molecule has 0 spiro atoms. The maximum Gasteiger partial charge on any atom is 0.256 e. The van der Waals surface area contributed by atoms with E-state index >= 15 is 0 Å². The van der Waals surface area contributed by atoms with Crippen molar-refractivity contribution in [3.05, 3.63) is 23.8 Å². The molecule has 1 aromatic carbocycles. The summed E-state index contributed by atoms with van der Waals surface area (Å²) in [7, 11) is 1.66. The normalized spacial score (nSPS) is 21.4. The molecule has 1 amide bonds. The fraction of sp³-hybridized carbons (Fsp3) is 0.562. The molecule has 116 valence electrons. The molecule has 1 heterocycles. The molecule has 2 atom stereocenters. The van der Waals surface area contributed by atoms with Crippen molar-refractivity contribution in [2.75, 3.05) is 12.0 Å². The van der Waals surface area contributed by atoms with Crippen LogP contribution in [0.1, 0.15) is 45.6 Å². The van der Waals surface area contributed by atoms with Gasteiger partial charge >= 0.3 is 0 Å². The first-order chi connectivity index (χ1) is 9.83. The molecule has 1 aliphatic heterocycles. The van der Waals surface area contributed by atoms with E-state index in [0.717, 1.165) is 17.9 Å². The number of rotatable bonds is 3. The minimum atomic E-state index is -0.368. The Labute approximate surface area is 126 Å². The average molecular weight is 291 g/mol. The number of methoxy groups -OCH3 is 1. The average Bonchev–Trinajstić information content (AvgIpc) is 2.44. The highest BCUT2D eigenvalue weighted by molar-refractivity contribution is 5.86. The fourth-order valence-corrected chi connectivity index (χ4v) is 3.58. The Morgan fingerprint density at radius 1 is 1.52 bits per heavy atom. The van der Waals surface area contributed by atoms with Crippen LogP contribution in [0, 0.1) is 0 Å². The number of hydrazine groups is 1. The van der Waals surface area contributed by atoms with E-state index in [0.29, 0.717) is 5.92 Å². The second kappa shape index (κ2) is 5.56. The highest BCUT2D eigenvalue weighted by Crippen LogP contribution is 2.48. The molecule has 0 saturated carbocycles. The Kier molecular flexibility index (Phi) is 4.14. The highest BCUT2D eigenvalue weighted by Gasteiger charge is 2.42. The SMILES string of the molecule is COc1cccc2c1N([C@@H](C)C(=O)NN)C(C)(C)C[C@H]2C. The molecule has 0 saturated heterocycles. The number of para-hydroxylation sites is 1. The van der Waals surface area contributed by atoms with E-state index in [2.05, 4.69) is 37.2 Å². The van der Waals surface area contributed by atoms with Gasteiger partial charge in [-0.25, -0.2) is 5.84 Å². The van der Waals surface area contributed by atoms with Gasteiger partial charge in [-0.05, 0) is 44.7 Å². The number of nitrogens with zero attached hydrogens (tertiary/aromatic N) is 1. The van der Waals surface area contributed by atoms with Crippen molar-refractivity contribution in [2.45, 2.75) is 51.6 Å². The van der Waals surface area contributed by atoms with Crippen LogP contribution in [0.4, 0.5) is 5.69 Å². The number of hydrogen-bond donors (Lipinski definition) is 2. The van der Waals surface area contributed by atoms with Gasteiger partial charge in [0.1, 0.15) is 11.8 Å². The van der Waals surface area contributed by atoms with Gasteiger partial charge in [0.2, 0.25) is 0 Å². The highest BCUT2D eigenvalue weighted by atomic mass is 16.5. The number of ether oxygens (including phenoxy) is 1. The Bertz CT molecular complexity index is 542. The van der Waals surface area contributed by atoms with Gasteiger partial charge in [0.25, 0.3) is 5.91 Å². The number of carbonyl (C=O) groups is 1. The lowest BCUT2D eigenvalue weighted by molar-refractivity contribution is -0.122. The van der Waals surface area contributed by atoms with Crippen molar-refractivity contribution >= 4 is 11.6 Å². The molecular weight excluding hydrogens is 266 g/mol. The fourth-order valence-electron chi connectivity index (χ4n) is 3.58. The molecule has 2 rings (SSSR count). The van der Waals surface area contributed by atoms with Crippen molar-refractivity contribution in [1.29, 1.82) is 0 Å². The number of anilines is 1. The number of carbonyl (C=O) groups excluding carboxylic acids is 1. The first kappa shape index (κ1) is 15.6.